The van der Waals surface area contributed by atoms with E-state index in [9.17, 15) is 26.3 Å². The zero-order valence-electron chi connectivity index (χ0n) is 23.1. The number of aromatic nitrogens is 6. The van der Waals surface area contributed by atoms with Crippen LogP contribution in [0.2, 0.25) is 0 Å². The van der Waals surface area contributed by atoms with Gasteiger partial charge in [-0.15, -0.1) is 0 Å². The molecule has 228 valence electrons. The van der Waals surface area contributed by atoms with Gasteiger partial charge in [0.1, 0.15) is 11.6 Å². The summed E-state index contributed by atoms with van der Waals surface area (Å²) in [7, 11) is 0. The molecule has 14 heteroatoms. The molecule has 0 spiro atoms. The van der Waals surface area contributed by atoms with E-state index < -0.39 is 23.5 Å². The van der Waals surface area contributed by atoms with Crippen LogP contribution in [-0.4, -0.2) is 29.7 Å². The summed E-state index contributed by atoms with van der Waals surface area (Å²) in [4.78, 5) is 16.1. The molecule has 4 heterocycles. The van der Waals surface area contributed by atoms with Gasteiger partial charge in [-0.2, -0.15) is 46.1 Å². The number of rotatable bonds is 6. The largest absolute Gasteiger partial charge is 0.417 e. The molecule has 44 heavy (non-hydrogen) atoms. The molecule has 5 aromatic rings. The summed E-state index contributed by atoms with van der Waals surface area (Å²) in [5, 5.41) is 5.45. The summed E-state index contributed by atoms with van der Waals surface area (Å²) in [6.45, 7) is 0. The fraction of sp³-hybridized carbons (Fsp3) is 0.300. The number of hydrogen-bond donors (Lipinski definition) is 2. The summed E-state index contributed by atoms with van der Waals surface area (Å²) < 4.78 is 81.4. The maximum absolute atomic E-state index is 13.4. The summed E-state index contributed by atoms with van der Waals surface area (Å²) in [6, 6.07) is 7.01. The van der Waals surface area contributed by atoms with Crippen molar-refractivity contribution in [3.05, 3.63) is 71.9 Å². The first-order valence-corrected chi connectivity index (χ1v) is 13.9. The van der Waals surface area contributed by atoms with Gasteiger partial charge in [-0.05, 0) is 48.6 Å². The summed E-state index contributed by atoms with van der Waals surface area (Å²) in [5.74, 6) is 0.205. The number of nitrogens with zero attached hydrogens (tertiary/aromatic N) is 6. The van der Waals surface area contributed by atoms with Crippen LogP contribution in [0.3, 0.4) is 0 Å². The van der Waals surface area contributed by atoms with Gasteiger partial charge >= 0.3 is 12.4 Å². The van der Waals surface area contributed by atoms with Gasteiger partial charge in [0.15, 0.2) is 0 Å². The highest BCUT2D eigenvalue weighted by atomic mass is 19.4. The highest BCUT2D eigenvalue weighted by molar-refractivity contribution is 5.89. The molecule has 4 N–H and O–H groups in total. The minimum absolute atomic E-state index is 0.00305. The molecule has 6 rings (SSSR count). The summed E-state index contributed by atoms with van der Waals surface area (Å²) in [6.07, 6.45) is 0.946. The van der Waals surface area contributed by atoms with Crippen molar-refractivity contribution in [3.8, 4) is 28.2 Å². The van der Waals surface area contributed by atoms with Gasteiger partial charge in [0.2, 0.25) is 0 Å². The van der Waals surface area contributed by atoms with E-state index in [0.29, 0.717) is 46.3 Å². The molecular weight excluding hydrogens is 586 g/mol. The monoisotopic (exact) mass is 612 g/mol. The van der Waals surface area contributed by atoms with Crippen molar-refractivity contribution in [2.24, 2.45) is 5.92 Å². The van der Waals surface area contributed by atoms with E-state index in [1.54, 1.807) is 18.2 Å². The first kappa shape index (κ1) is 29.3. The van der Waals surface area contributed by atoms with Crippen LogP contribution < -0.4 is 11.5 Å². The molecule has 1 aliphatic rings. The SMILES string of the molecule is Nc1nc(-n2nc(CCC3CCCC3)c3cc(-c4cncc(C(F)(F)F)c4)ccc32)nc(N)c1-c1cncc(C(F)(F)F)c1. The van der Waals surface area contributed by atoms with Crippen molar-refractivity contribution in [1.29, 1.82) is 0 Å². The van der Waals surface area contributed by atoms with E-state index in [1.807, 2.05) is 0 Å². The van der Waals surface area contributed by atoms with E-state index >= 15 is 0 Å². The van der Waals surface area contributed by atoms with Gasteiger partial charge in [-0.3, -0.25) is 9.97 Å². The van der Waals surface area contributed by atoms with E-state index in [-0.39, 0.29) is 28.7 Å². The van der Waals surface area contributed by atoms with Crippen LogP contribution in [0.4, 0.5) is 38.0 Å². The third-order valence-corrected chi connectivity index (χ3v) is 7.92. The molecule has 0 saturated heterocycles. The van der Waals surface area contributed by atoms with Gasteiger partial charge in [0.05, 0.1) is 27.9 Å². The number of benzene rings is 1. The average Bonchev–Trinajstić information content (AvgIpc) is 3.63. The number of nitrogen functional groups attached to an aromatic ring is 2. The van der Waals surface area contributed by atoms with Crippen molar-refractivity contribution in [3.63, 3.8) is 0 Å². The highest BCUT2D eigenvalue weighted by Crippen LogP contribution is 2.37. The van der Waals surface area contributed by atoms with Crippen LogP contribution in [0.5, 0.6) is 0 Å². The van der Waals surface area contributed by atoms with Crippen LogP contribution in [0.25, 0.3) is 39.1 Å². The van der Waals surface area contributed by atoms with Crippen LogP contribution in [0.15, 0.2) is 55.1 Å². The Balaban J connectivity index is 1.44. The first-order chi connectivity index (χ1) is 20.9. The Hall–Kier alpha value is -4.75. The number of alkyl halides is 6. The number of nitrogens with two attached hydrogens (primary N) is 2. The Labute approximate surface area is 247 Å². The molecule has 0 unspecified atom stereocenters. The third kappa shape index (κ3) is 5.75. The second kappa shape index (κ2) is 11.1. The second-order valence-electron chi connectivity index (χ2n) is 10.9. The lowest BCUT2D eigenvalue weighted by Crippen LogP contribution is -2.11. The summed E-state index contributed by atoms with van der Waals surface area (Å²) in [5.41, 5.74) is 12.7. The van der Waals surface area contributed by atoms with Crippen LogP contribution >= 0.6 is 0 Å². The number of aryl methyl sites for hydroxylation is 1. The fourth-order valence-electron chi connectivity index (χ4n) is 5.70. The highest BCUT2D eigenvalue weighted by Gasteiger charge is 2.32. The molecule has 8 nitrogen and oxygen atoms in total. The number of fused-ring (bicyclic) bond motifs is 1. The Kier molecular flexibility index (Phi) is 7.38. The lowest BCUT2D eigenvalue weighted by atomic mass is 9.98. The molecule has 0 aliphatic heterocycles. The van der Waals surface area contributed by atoms with Crippen molar-refractivity contribution in [1.82, 2.24) is 29.7 Å². The van der Waals surface area contributed by atoms with E-state index in [1.165, 1.54) is 29.9 Å². The van der Waals surface area contributed by atoms with Crippen molar-refractivity contribution >= 4 is 22.5 Å². The van der Waals surface area contributed by atoms with Crippen LogP contribution in [0, 0.1) is 5.92 Å². The predicted molar refractivity (Wildman–Crippen MR) is 152 cm³/mol. The van der Waals surface area contributed by atoms with Gasteiger partial charge < -0.3 is 11.5 Å². The van der Waals surface area contributed by atoms with E-state index in [0.717, 1.165) is 37.6 Å². The topological polar surface area (TPSA) is 121 Å². The van der Waals surface area contributed by atoms with Gasteiger partial charge in [-0.25, -0.2) is 0 Å². The van der Waals surface area contributed by atoms with E-state index in [2.05, 4.69) is 19.9 Å². The molecule has 1 saturated carbocycles. The van der Waals surface area contributed by atoms with Gasteiger partial charge in [0, 0.05) is 41.3 Å². The summed E-state index contributed by atoms with van der Waals surface area (Å²) >= 11 is 0. The molecule has 0 bridgehead atoms. The Morgan fingerprint density at radius 3 is 1.95 bits per heavy atom. The lowest BCUT2D eigenvalue weighted by molar-refractivity contribution is -0.138. The zero-order chi connectivity index (χ0) is 31.2. The Bertz CT molecular complexity index is 1820. The Morgan fingerprint density at radius 2 is 1.34 bits per heavy atom. The smallest absolute Gasteiger partial charge is 0.383 e. The maximum Gasteiger partial charge on any atom is 0.417 e. The standard InChI is InChI=1S/C30H26F6N8/c31-29(32,33)20-9-18(12-39-14-20)17-6-8-24-22(11-17)23(7-5-16-3-1-2-4-16)43-44(24)28-41-26(37)25(27(38)42-28)19-10-21(15-40-13-19)30(34,35)36/h6,8-16H,1-5,7H2,(H4,37,38,41,42). The van der Waals surface area contributed by atoms with Gasteiger partial charge in [0.25, 0.3) is 5.95 Å². The van der Waals surface area contributed by atoms with Crippen molar-refractivity contribution in [2.75, 3.05) is 11.5 Å². The minimum atomic E-state index is -4.63. The third-order valence-electron chi connectivity index (χ3n) is 7.92. The lowest BCUT2D eigenvalue weighted by Gasteiger charge is -2.12. The molecule has 0 atom stereocenters. The number of hydrogen-bond acceptors (Lipinski definition) is 7. The fourth-order valence-corrected chi connectivity index (χ4v) is 5.70. The minimum Gasteiger partial charge on any atom is -0.383 e. The molecule has 1 aromatic carbocycles. The molecule has 1 fully saturated rings. The average molecular weight is 613 g/mol. The second-order valence-corrected chi connectivity index (χ2v) is 10.9. The Morgan fingerprint density at radius 1 is 0.750 bits per heavy atom. The van der Waals surface area contributed by atoms with E-state index in [4.69, 9.17) is 16.6 Å². The predicted octanol–water partition coefficient (Wildman–Crippen LogP) is 7.26. The maximum atomic E-state index is 13.4. The van der Waals surface area contributed by atoms with Gasteiger partial charge in [-0.1, -0.05) is 31.7 Å². The van der Waals surface area contributed by atoms with Crippen molar-refractivity contribution in [2.45, 2.75) is 50.9 Å². The van der Waals surface area contributed by atoms with Crippen LogP contribution in [-0.2, 0) is 18.8 Å². The number of pyridine rings is 2. The quantitative estimate of drug-likeness (QED) is 0.194. The molecular formula is C30H26F6N8. The molecule has 4 aromatic heterocycles. The molecule has 0 radical (unpaired) electrons. The first-order valence-electron chi connectivity index (χ1n) is 13.9. The number of anilines is 2. The zero-order valence-corrected chi connectivity index (χ0v) is 23.1. The number of halogens is 6. The van der Waals surface area contributed by atoms with Crippen LogP contribution in [0.1, 0.15) is 48.9 Å². The van der Waals surface area contributed by atoms with Crippen molar-refractivity contribution < 1.29 is 26.3 Å². The normalized spacial score (nSPS) is 14.5. The molecule has 0 amide bonds. The molecule has 1 aliphatic carbocycles.